The van der Waals surface area contributed by atoms with E-state index in [2.05, 4.69) is 17.5 Å². The second-order valence-electron chi connectivity index (χ2n) is 6.18. The number of nitrogens with one attached hydrogen (secondary N) is 1. The van der Waals surface area contributed by atoms with Crippen LogP contribution in [0.4, 0.5) is 11.4 Å². The summed E-state index contributed by atoms with van der Waals surface area (Å²) >= 11 is 12.6. The van der Waals surface area contributed by atoms with Gasteiger partial charge in [0.2, 0.25) is 0 Å². The van der Waals surface area contributed by atoms with E-state index in [1.807, 2.05) is 18.2 Å². The minimum atomic E-state index is -0.383. The van der Waals surface area contributed by atoms with E-state index in [9.17, 15) is 10.1 Å². The predicted octanol–water partition coefficient (Wildman–Crippen LogP) is 5.73. The zero-order chi connectivity index (χ0) is 16.8. The maximum atomic E-state index is 10.9. The lowest BCUT2D eigenvalue weighted by Gasteiger charge is -2.38. The quantitative estimate of drug-likeness (QED) is 0.422. The molecule has 1 N–H and O–H groups in total. The van der Waals surface area contributed by atoms with Crippen molar-refractivity contribution in [1.82, 2.24) is 0 Å². The molecule has 0 unspecified atom stereocenters. The molecule has 3 atom stereocenters. The van der Waals surface area contributed by atoms with Crippen LogP contribution in [0.2, 0.25) is 10.0 Å². The van der Waals surface area contributed by atoms with Gasteiger partial charge in [0.05, 0.1) is 21.7 Å². The van der Waals surface area contributed by atoms with Gasteiger partial charge in [0.1, 0.15) is 0 Å². The molecule has 0 saturated carbocycles. The number of nitrogens with zero attached hydrogens (tertiary/aromatic N) is 1. The molecule has 0 spiro atoms. The van der Waals surface area contributed by atoms with Crippen LogP contribution in [0, 0.1) is 16.0 Å². The van der Waals surface area contributed by atoms with Crippen LogP contribution >= 0.6 is 23.2 Å². The number of hydrogen-bond acceptors (Lipinski definition) is 3. The molecule has 0 aromatic heterocycles. The van der Waals surface area contributed by atoms with E-state index in [1.54, 1.807) is 18.2 Å². The highest BCUT2D eigenvalue weighted by Gasteiger charge is 2.38. The monoisotopic (exact) mass is 360 g/mol. The molecule has 0 bridgehead atoms. The highest BCUT2D eigenvalue weighted by molar-refractivity contribution is 6.36. The average Bonchev–Trinajstić information content (AvgIpc) is 3.04. The molecule has 6 heteroatoms. The third-order valence-corrected chi connectivity index (χ3v) is 5.36. The van der Waals surface area contributed by atoms with Gasteiger partial charge in [-0.3, -0.25) is 10.1 Å². The molecule has 1 aliphatic heterocycles. The fourth-order valence-corrected chi connectivity index (χ4v) is 4.32. The second kappa shape index (κ2) is 5.80. The van der Waals surface area contributed by atoms with Crippen molar-refractivity contribution in [3.8, 4) is 0 Å². The number of anilines is 1. The van der Waals surface area contributed by atoms with Crippen LogP contribution in [0.1, 0.15) is 29.5 Å². The fraction of sp³-hybridized carbons (Fsp3) is 0.222. The summed E-state index contributed by atoms with van der Waals surface area (Å²) in [6, 6.07) is 10.5. The molecule has 0 amide bonds. The number of benzene rings is 2. The van der Waals surface area contributed by atoms with Gasteiger partial charge in [0.15, 0.2) is 0 Å². The van der Waals surface area contributed by atoms with E-state index < -0.39 is 0 Å². The largest absolute Gasteiger partial charge is 0.376 e. The lowest BCUT2D eigenvalue weighted by Crippen LogP contribution is -2.29. The molecule has 0 fully saturated rings. The van der Waals surface area contributed by atoms with E-state index in [1.165, 1.54) is 0 Å². The molecule has 2 aliphatic rings. The van der Waals surface area contributed by atoms with Gasteiger partial charge in [-0.1, -0.05) is 47.5 Å². The molecule has 0 radical (unpaired) electrons. The Hall–Kier alpha value is -2.04. The summed E-state index contributed by atoms with van der Waals surface area (Å²) < 4.78 is 0. The first-order chi connectivity index (χ1) is 11.5. The summed E-state index contributed by atoms with van der Waals surface area (Å²) in [5, 5.41) is 15.6. The van der Waals surface area contributed by atoms with Crippen molar-refractivity contribution in [2.45, 2.75) is 18.4 Å². The van der Waals surface area contributed by atoms with Crippen LogP contribution in [0.15, 0.2) is 48.6 Å². The standard InChI is InChI=1S/C18H14Cl2N2O2/c19-11-8-15-13-2-1-3-14(13)17(21-18(15)16(20)9-11)10-4-6-12(7-5-10)22(23)24/h1-2,4-9,13-14,17,21H,3H2/t13-,14-,17+/m1/s1. The molecule has 2 aromatic carbocycles. The second-order valence-corrected chi connectivity index (χ2v) is 7.02. The number of halogens is 2. The molecular formula is C18H14Cl2N2O2. The molecule has 1 aliphatic carbocycles. The SMILES string of the molecule is O=[N+]([O-])c1ccc([C@@H]2Nc3c(Cl)cc(Cl)cc3[C@@H]3C=CC[C@H]32)cc1. The Balaban J connectivity index is 1.76. The van der Waals surface area contributed by atoms with Crippen LogP contribution < -0.4 is 5.32 Å². The van der Waals surface area contributed by atoms with E-state index in [4.69, 9.17) is 23.2 Å². The summed E-state index contributed by atoms with van der Waals surface area (Å²) in [5.74, 6) is 0.589. The molecule has 4 rings (SSSR count). The number of rotatable bonds is 2. The summed E-state index contributed by atoms with van der Waals surface area (Å²) in [6.45, 7) is 0. The summed E-state index contributed by atoms with van der Waals surface area (Å²) in [5.41, 5.74) is 3.14. The average molecular weight is 361 g/mol. The van der Waals surface area contributed by atoms with Crippen molar-refractivity contribution < 1.29 is 4.92 Å². The molecule has 1 heterocycles. The first-order valence-corrected chi connectivity index (χ1v) is 8.46. The van der Waals surface area contributed by atoms with E-state index in [0.717, 1.165) is 23.2 Å². The Morgan fingerprint density at radius 2 is 1.92 bits per heavy atom. The van der Waals surface area contributed by atoms with Crippen molar-refractivity contribution in [2.75, 3.05) is 5.32 Å². The van der Waals surface area contributed by atoms with Crippen molar-refractivity contribution in [1.29, 1.82) is 0 Å². The third-order valence-electron chi connectivity index (χ3n) is 4.85. The number of nitro benzene ring substituents is 1. The molecule has 4 nitrogen and oxygen atoms in total. The third kappa shape index (κ3) is 2.46. The Morgan fingerprint density at radius 1 is 1.17 bits per heavy atom. The Kier molecular flexibility index (Phi) is 3.74. The Morgan fingerprint density at radius 3 is 2.62 bits per heavy atom. The topological polar surface area (TPSA) is 55.2 Å². The van der Waals surface area contributed by atoms with Gasteiger partial charge < -0.3 is 5.32 Å². The lowest BCUT2D eigenvalue weighted by molar-refractivity contribution is -0.384. The highest BCUT2D eigenvalue weighted by atomic mass is 35.5. The smallest absolute Gasteiger partial charge is 0.269 e. The number of allylic oxidation sites excluding steroid dienone is 2. The van der Waals surface area contributed by atoms with Crippen molar-refractivity contribution >= 4 is 34.6 Å². The highest BCUT2D eigenvalue weighted by Crippen LogP contribution is 2.52. The van der Waals surface area contributed by atoms with Crippen molar-refractivity contribution in [3.63, 3.8) is 0 Å². The van der Waals surface area contributed by atoms with Crippen LogP contribution in [-0.2, 0) is 0 Å². The first kappa shape index (κ1) is 15.5. The van der Waals surface area contributed by atoms with Gasteiger partial charge in [0, 0.05) is 23.1 Å². The zero-order valence-electron chi connectivity index (χ0n) is 12.6. The maximum absolute atomic E-state index is 10.9. The zero-order valence-corrected chi connectivity index (χ0v) is 14.1. The minimum absolute atomic E-state index is 0.0528. The van der Waals surface area contributed by atoms with Crippen LogP contribution in [0.3, 0.4) is 0 Å². The van der Waals surface area contributed by atoms with Crippen LogP contribution in [0.25, 0.3) is 0 Å². The van der Waals surface area contributed by atoms with Gasteiger partial charge in [0.25, 0.3) is 5.69 Å². The van der Waals surface area contributed by atoms with Crippen molar-refractivity contribution in [3.05, 3.63) is 79.8 Å². The molecule has 2 aromatic rings. The summed E-state index contributed by atoms with van der Waals surface area (Å²) in [6.07, 6.45) is 5.33. The van der Waals surface area contributed by atoms with E-state index >= 15 is 0 Å². The summed E-state index contributed by atoms with van der Waals surface area (Å²) in [7, 11) is 0. The fourth-order valence-electron chi connectivity index (χ4n) is 3.75. The molecule has 0 saturated heterocycles. The molecule has 122 valence electrons. The number of fused-ring (bicyclic) bond motifs is 3. The molecular weight excluding hydrogens is 347 g/mol. The Bertz CT molecular complexity index is 849. The van der Waals surface area contributed by atoms with E-state index in [-0.39, 0.29) is 22.6 Å². The maximum Gasteiger partial charge on any atom is 0.269 e. The number of non-ortho nitro benzene ring substituents is 1. The van der Waals surface area contributed by atoms with Gasteiger partial charge in [-0.15, -0.1) is 0 Å². The first-order valence-electron chi connectivity index (χ1n) is 7.71. The number of hydrogen-bond donors (Lipinski definition) is 1. The van der Waals surface area contributed by atoms with Crippen LogP contribution in [0.5, 0.6) is 0 Å². The number of nitro groups is 1. The van der Waals surface area contributed by atoms with Crippen molar-refractivity contribution in [2.24, 2.45) is 5.92 Å². The summed E-state index contributed by atoms with van der Waals surface area (Å²) in [4.78, 5) is 10.5. The van der Waals surface area contributed by atoms with Gasteiger partial charge in [-0.25, -0.2) is 0 Å². The van der Waals surface area contributed by atoms with Gasteiger partial charge >= 0.3 is 0 Å². The predicted molar refractivity (Wildman–Crippen MR) is 95.9 cm³/mol. The lowest BCUT2D eigenvalue weighted by atomic mass is 9.77. The molecule has 24 heavy (non-hydrogen) atoms. The van der Waals surface area contributed by atoms with Gasteiger partial charge in [-0.05, 0) is 35.6 Å². The minimum Gasteiger partial charge on any atom is -0.376 e. The van der Waals surface area contributed by atoms with E-state index in [0.29, 0.717) is 16.0 Å². The normalized spacial score (nSPS) is 24.2. The van der Waals surface area contributed by atoms with Crippen LogP contribution in [-0.4, -0.2) is 4.92 Å². The Labute approximate surface area is 149 Å². The van der Waals surface area contributed by atoms with Gasteiger partial charge in [-0.2, -0.15) is 0 Å².